The van der Waals surface area contributed by atoms with Gasteiger partial charge in [0.25, 0.3) is 11.2 Å². The molecule has 4 aromatic rings. The molecule has 0 atom stereocenters. The molecule has 0 fully saturated rings. The molecule has 0 saturated carbocycles. The van der Waals surface area contributed by atoms with Gasteiger partial charge in [-0.1, -0.05) is 24.3 Å². The lowest BCUT2D eigenvalue weighted by Crippen LogP contribution is -2.21. The normalized spacial score (nSPS) is 11.0. The SMILES string of the molecule is O=c1c2c(-c3ccc(F)cc3)csc2ncn1Cc1cccc([N+](=O)[O-])c1. The Kier molecular flexibility index (Phi) is 4.25. The van der Waals surface area contributed by atoms with Gasteiger partial charge < -0.3 is 0 Å². The van der Waals surface area contributed by atoms with Crippen LogP contribution >= 0.6 is 11.3 Å². The third kappa shape index (κ3) is 3.22. The van der Waals surface area contributed by atoms with Crippen LogP contribution in [0.25, 0.3) is 21.3 Å². The smallest absolute Gasteiger partial charge is 0.269 e. The number of fused-ring (bicyclic) bond motifs is 1. The van der Waals surface area contributed by atoms with Crippen molar-refractivity contribution in [1.82, 2.24) is 9.55 Å². The molecule has 8 heteroatoms. The van der Waals surface area contributed by atoms with Gasteiger partial charge in [-0.25, -0.2) is 9.37 Å². The van der Waals surface area contributed by atoms with Gasteiger partial charge in [0, 0.05) is 23.1 Å². The highest BCUT2D eigenvalue weighted by Crippen LogP contribution is 2.30. The summed E-state index contributed by atoms with van der Waals surface area (Å²) in [5.74, 6) is -0.348. The van der Waals surface area contributed by atoms with E-state index in [1.165, 1.54) is 46.5 Å². The van der Waals surface area contributed by atoms with Crippen molar-refractivity contribution in [3.8, 4) is 11.1 Å². The Morgan fingerprint density at radius 2 is 1.96 bits per heavy atom. The summed E-state index contributed by atoms with van der Waals surface area (Å²) in [5.41, 5.74) is 1.78. The molecule has 2 aromatic carbocycles. The molecule has 4 rings (SSSR count). The highest BCUT2D eigenvalue weighted by Gasteiger charge is 2.14. The first-order valence-corrected chi connectivity index (χ1v) is 8.87. The second-order valence-electron chi connectivity index (χ2n) is 5.94. The van der Waals surface area contributed by atoms with E-state index in [1.54, 1.807) is 24.3 Å². The first-order chi connectivity index (χ1) is 13.0. The van der Waals surface area contributed by atoms with Crippen LogP contribution < -0.4 is 5.56 Å². The number of hydrogen-bond acceptors (Lipinski definition) is 5. The predicted octanol–water partition coefficient (Wildman–Crippen LogP) is 4.22. The minimum atomic E-state index is -0.473. The predicted molar refractivity (Wildman–Crippen MR) is 101 cm³/mol. The van der Waals surface area contributed by atoms with E-state index in [0.717, 1.165) is 5.56 Å². The van der Waals surface area contributed by atoms with Crippen molar-refractivity contribution in [3.63, 3.8) is 0 Å². The van der Waals surface area contributed by atoms with E-state index in [1.807, 2.05) is 5.38 Å². The molecule has 0 unspecified atom stereocenters. The summed E-state index contributed by atoms with van der Waals surface area (Å²) in [6, 6.07) is 12.1. The molecule has 2 heterocycles. The number of nitro benzene ring substituents is 1. The van der Waals surface area contributed by atoms with Gasteiger partial charge in [0.1, 0.15) is 10.6 Å². The van der Waals surface area contributed by atoms with E-state index >= 15 is 0 Å². The summed E-state index contributed by atoms with van der Waals surface area (Å²) in [7, 11) is 0. The average Bonchev–Trinajstić information content (AvgIpc) is 3.10. The van der Waals surface area contributed by atoms with Crippen LogP contribution in [0.3, 0.4) is 0 Å². The zero-order chi connectivity index (χ0) is 19.0. The molecule has 0 aliphatic heterocycles. The lowest BCUT2D eigenvalue weighted by Gasteiger charge is -2.06. The van der Waals surface area contributed by atoms with Crippen molar-refractivity contribution in [3.05, 3.63) is 92.1 Å². The molecule has 0 radical (unpaired) electrons. The topological polar surface area (TPSA) is 78.0 Å². The summed E-state index contributed by atoms with van der Waals surface area (Å²) in [6.45, 7) is 0.169. The fraction of sp³-hybridized carbons (Fsp3) is 0.0526. The third-order valence-corrected chi connectivity index (χ3v) is 5.08. The lowest BCUT2D eigenvalue weighted by molar-refractivity contribution is -0.384. The maximum atomic E-state index is 13.2. The Hall–Kier alpha value is -3.39. The highest BCUT2D eigenvalue weighted by molar-refractivity contribution is 7.17. The Bertz CT molecular complexity index is 1220. The van der Waals surface area contributed by atoms with Crippen LogP contribution in [-0.4, -0.2) is 14.5 Å². The van der Waals surface area contributed by atoms with Crippen LogP contribution in [0.5, 0.6) is 0 Å². The Morgan fingerprint density at radius 1 is 1.19 bits per heavy atom. The largest absolute Gasteiger partial charge is 0.294 e. The number of nitrogens with zero attached hydrogens (tertiary/aromatic N) is 3. The molecule has 0 aliphatic carbocycles. The van der Waals surface area contributed by atoms with Crippen molar-refractivity contribution in [1.29, 1.82) is 0 Å². The number of hydrogen-bond donors (Lipinski definition) is 0. The van der Waals surface area contributed by atoms with E-state index in [2.05, 4.69) is 4.98 Å². The Morgan fingerprint density at radius 3 is 2.70 bits per heavy atom. The first kappa shape index (κ1) is 17.0. The van der Waals surface area contributed by atoms with Gasteiger partial charge in [0.2, 0.25) is 0 Å². The second-order valence-corrected chi connectivity index (χ2v) is 6.80. The zero-order valence-electron chi connectivity index (χ0n) is 13.8. The molecule has 0 aliphatic rings. The fourth-order valence-electron chi connectivity index (χ4n) is 2.89. The van der Waals surface area contributed by atoms with Crippen LogP contribution in [0.15, 0.2) is 65.0 Å². The summed E-state index contributed by atoms with van der Waals surface area (Å²) in [5, 5.41) is 13.2. The van der Waals surface area contributed by atoms with Gasteiger partial charge in [0.05, 0.1) is 23.2 Å². The molecule has 6 nitrogen and oxygen atoms in total. The summed E-state index contributed by atoms with van der Waals surface area (Å²) < 4.78 is 14.6. The maximum absolute atomic E-state index is 13.2. The van der Waals surface area contributed by atoms with Crippen LogP contribution in [-0.2, 0) is 6.54 Å². The maximum Gasteiger partial charge on any atom is 0.269 e. The van der Waals surface area contributed by atoms with Crippen LogP contribution in [0.2, 0.25) is 0 Å². The Balaban J connectivity index is 1.79. The van der Waals surface area contributed by atoms with Gasteiger partial charge in [-0.2, -0.15) is 0 Å². The third-order valence-electron chi connectivity index (χ3n) is 4.19. The molecule has 27 heavy (non-hydrogen) atoms. The van der Waals surface area contributed by atoms with Gasteiger partial charge >= 0.3 is 0 Å². The van der Waals surface area contributed by atoms with Crippen molar-refractivity contribution in [2.24, 2.45) is 0 Å². The number of non-ortho nitro benzene ring substituents is 1. The summed E-state index contributed by atoms with van der Waals surface area (Å²) in [6.07, 6.45) is 1.44. The fourth-order valence-corrected chi connectivity index (χ4v) is 3.79. The molecular weight excluding hydrogens is 369 g/mol. The molecule has 2 aromatic heterocycles. The number of thiophene rings is 1. The molecule has 0 spiro atoms. The quantitative estimate of drug-likeness (QED) is 0.392. The van der Waals surface area contributed by atoms with Crippen molar-refractivity contribution >= 4 is 27.2 Å². The van der Waals surface area contributed by atoms with E-state index < -0.39 is 4.92 Å². The van der Waals surface area contributed by atoms with Crippen molar-refractivity contribution in [2.45, 2.75) is 6.54 Å². The van der Waals surface area contributed by atoms with Gasteiger partial charge in [-0.05, 0) is 23.3 Å². The van der Waals surface area contributed by atoms with Gasteiger partial charge in [-0.15, -0.1) is 11.3 Å². The van der Waals surface area contributed by atoms with Crippen LogP contribution in [0.4, 0.5) is 10.1 Å². The summed E-state index contributed by atoms with van der Waals surface area (Å²) in [4.78, 5) is 28.4. The number of benzene rings is 2. The molecule has 134 valence electrons. The average molecular weight is 381 g/mol. The number of halogens is 1. The van der Waals surface area contributed by atoms with E-state index in [9.17, 15) is 19.3 Å². The number of aromatic nitrogens is 2. The van der Waals surface area contributed by atoms with E-state index in [0.29, 0.717) is 21.3 Å². The van der Waals surface area contributed by atoms with Crippen molar-refractivity contribution < 1.29 is 9.31 Å². The zero-order valence-corrected chi connectivity index (χ0v) is 14.6. The molecule has 0 N–H and O–H groups in total. The summed E-state index contributed by atoms with van der Waals surface area (Å²) >= 11 is 1.34. The second kappa shape index (κ2) is 6.73. The monoisotopic (exact) mass is 381 g/mol. The molecule has 0 saturated heterocycles. The Labute approximate surface area is 156 Å². The van der Waals surface area contributed by atoms with Crippen LogP contribution in [0, 0.1) is 15.9 Å². The van der Waals surface area contributed by atoms with Gasteiger partial charge in [-0.3, -0.25) is 19.5 Å². The van der Waals surface area contributed by atoms with Crippen molar-refractivity contribution in [2.75, 3.05) is 0 Å². The van der Waals surface area contributed by atoms with Crippen LogP contribution in [0.1, 0.15) is 5.56 Å². The molecular formula is C19H12FN3O3S. The van der Waals surface area contributed by atoms with Gasteiger partial charge in [0.15, 0.2) is 0 Å². The lowest BCUT2D eigenvalue weighted by atomic mass is 10.1. The number of rotatable bonds is 4. The highest BCUT2D eigenvalue weighted by atomic mass is 32.1. The minimum absolute atomic E-state index is 0.0304. The minimum Gasteiger partial charge on any atom is -0.294 e. The first-order valence-electron chi connectivity index (χ1n) is 7.99. The standard InChI is InChI=1S/C19H12FN3O3S/c20-14-6-4-13(5-7-14)16-10-27-18-17(16)19(24)22(11-21-18)9-12-2-1-3-15(8-12)23(25)26/h1-8,10-11H,9H2. The van der Waals surface area contributed by atoms with E-state index in [-0.39, 0.29) is 23.6 Å². The molecule has 0 bridgehead atoms. The molecule has 0 amide bonds. The van der Waals surface area contributed by atoms with E-state index in [4.69, 9.17) is 0 Å². The number of nitro groups is 1.